The predicted molar refractivity (Wildman–Crippen MR) is 101 cm³/mol. The van der Waals surface area contributed by atoms with Crippen LogP contribution in [0, 0.1) is 0 Å². The molecule has 1 aromatic carbocycles. The van der Waals surface area contributed by atoms with Gasteiger partial charge in [-0.3, -0.25) is 0 Å². The summed E-state index contributed by atoms with van der Waals surface area (Å²) in [4.78, 5) is 9.20. The van der Waals surface area contributed by atoms with E-state index in [1.165, 1.54) is 29.0 Å². The molecular weight excluding hydrogens is 342 g/mol. The number of benzene rings is 1. The van der Waals surface area contributed by atoms with Crippen molar-refractivity contribution in [2.75, 3.05) is 29.6 Å². The quantitative estimate of drug-likeness (QED) is 0.834. The van der Waals surface area contributed by atoms with E-state index in [9.17, 15) is 8.42 Å². The van der Waals surface area contributed by atoms with E-state index >= 15 is 0 Å². The maximum atomic E-state index is 11.4. The second-order valence-corrected chi connectivity index (χ2v) is 9.56. The minimum absolute atomic E-state index is 0.0204. The Morgan fingerprint density at radius 1 is 1.29 bits per heavy atom. The van der Waals surface area contributed by atoms with Crippen LogP contribution in [-0.2, 0) is 22.1 Å². The zero-order chi connectivity index (χ0) is 17.3. The van der Waals surface area contributed by atoms with Crippen LogP contribution in [0.1, 0.15) is 24.0 Å². The molecule has 1 aromatic heterocycles. The number of anilines is 2. The van der Waals surface area contributed by atoms with Gasteiger partial charge in [-0.1, -0.05) is 12.1 Å². The molecule has 5 nitrogen and oxygen atoms in total. The molecule has 130 valence electrons. The lowest BCUT2D eigenvalue weighted by atomic mass is 10.1. The number of rotatable bonds is 4. The molecule has 0 amide bonds. The van der Waals surface area contributed by atoms with E-state index in [-0.39, 0.29) is 5.75 Å². The number of nitrogens with zero attached hydrogens (tertiary/aromatic N) is 3. The molecule has 3 rings (SSSR count). The van der Waals surface area contributed by atoms with Crippen LogP contribution in [0.2, 0.25) is 0 Å². The Bertz CT molecular complexity index is 817. The lowest BCUT2D eigenvalue weighted by molar-refractivity contribution is 0.596. The highest BCUT2D eigenvalue weighted by Gasteiger charge is 2.24. The maximum absolute atomic E-state index is 11.4. The zero-order valence-corrected chi connectivity index (χ0v) is 15.9. The Morgan fingerprint density at radius 2 is 2.00 bits per heavy atom. The van der Waals surface area contributed by atoms with E-state index in [2.05, 4.69) is 53.0 Å². The number of thiazole rings is 1. The Balaban J connectivity index is 1.87. The average Bonchev–Trinajstić information content (AvgIpc) is 2.90. The van der Waals surface area contributed by atoms with Crippen LogP contribution in [-0.4, -0.2) is 39.3 Å². The lowest BCUT2D eigenvalue weighted by Crippen LogP contribution is -2.32. The fourth-order valence-electron chi connectivity index (χ4n) is 3.05. The molecule has 2 aromatic rings. The van der Waals surface area contributed by atoms with Crippen LogP contribution in [0.3, 0.4) is 0 Å². The van der Waals surface area contributed by atoms with Crippen LogP contribution in [0.25, 0.3) is 0 Å². The molecular formula is C17H23N3O2S2. The summed E-state index contributed by atoms with van der Waals surface area (Å²) >= 11 is 1.43. The first-order valence-electron chi connectivity index (χ1n) is 8.01. The number of hydrogen-bond donors (Lipinski definition) is 0. The summed E-state index contributed by atoms with van der Waals surface area (Å²) in [6, 6.07) is 8.83. The van der Waals surface area contributed by atoms with Crippen molar-refractivity contribution in [1.82, 2.24) is 4.98 Å². The van der Waals surface area contributed by atoms with Gasteiger partial charge in [-0.25, -0.2) is 13.4 Å². The second-order valence-electron chi connectivity index (χ2n) is 6.48. The van der Waals surface area contributed by atoms with E-state index in [4.69, 9.17) is 0 Å². The van der Waals surface area contributed by atoms with E-state index in [0.717, 1.165) is 18.7 Å². The van der Waals surface area contributed by atoms with Crippen molar-refractivity contribution in [3.63, 3.8) is 0 Å². The van der Waals surface area contributed by atoms with Gasteiger partial charge >= 0.3 is 0 Å². The molecule has 1 unspecified atom stereocenters. The number of fused-ring (bicyclic) bond motifs is 1. The van der Waals surface area contributed by atoms with Gasteiger partial charge in [0.25, 0.3) is 0 Å². The molecule has 0 N–H and O–H groups in total. The summed E-state index contributed by atoms with van der Waals surface area (Å²) in [6.07, 6.45) is 2.32. The highest BCUT2D eigenvalue weighted by Crippen LogP contribution is 2.34. The molecule has 1 aliphatic rings. The van der Waals surface area contributed by atoms with Gasteiger partial charge in [0.1, 0.15) is 10.8 Å². The third kappa shape index (κ3) is 3.89. The van der Waals surface area contributed by atoms with Crippen molar-refractivity contribution in [2.24, 2.45) is 0 Å². The van der Waals surface area contributed by atoms with E-state index in [1.807, 2.05) is 5.38 Å². The fraction of sp³-hybridized carbons (Fsp3) is 0.471. The molecule has 1 atom stereocenters. The third-order valence-electron chi connectivity index (χ3n) is 4.33. The SMILES string of the molecule is CC1CCN(C)c2ccccc2N1Cc1csc(CS(C)(=O)=O)n1. The smallest absolute Gasteiger partial charge is 0.153 e. The topological polar surface area (TPSA) is 53.5 Å². The number of hydrogen-bond acceptors (Lipinski definition) is 6. The minimum Gasteiger partial charge on any atom is -0.373 e. The summed E-state index contributed by atoms with van der Waals surface area (Å²) in [5.41, 5.74) is 3.38. The Morgan fingerprint density at radius 3 is 2.71 bits per heavy atom. The first-order valence-corrected chi connectivity index (χ1v) is 11.0. The standard InChI is InChI=1S/C17H23N3O2S2/c1-13-8-9-19(2)15-6-4-5-7-16(15)20(13)10-14-11-23-17(18-14)12-24(3,21)22/h4-7,11,13H,8-10,12H2,1-3H3. The zero-order valence-electron chi connectivity index (χ0n) is 14.3. The van der Waals surface area contributed by atoms with Crippen LogP contribution >= 0.6 is 11.3 Å². The van der Waals surface area contributed by atoms with Crippen molar-refractivity contribution < 1.29 is 8.42 Å². The second kappa shape index (κ2) is 6.72. The monoisotopic (exact) mass is 365 g/mol. The highest BCUT2D eigenvalue weighted by atomic mass is 32.2. The van der Waals surface area contributed by atoms with Gasteiger partial charge in [-0.2, -0.15) is 0 Å². The summed E-state index contributed by atoms with van der Waals surface area (Å²) < 4.78 is 22.9. The molecule has 0 bridgehead atoms. The van der Waals surface area contributed by atoms with Crippen LogP contribution in [0.4, 0.5) is 11.4 Å². The van der Waals surface area contributed by atoms with Gasteiger partial charge in [-0.05, 0) is 25.5 Å². The van der Waals surface area contributed by atoms with Crippen molar-refractivity contribution in [3.8, 4) is 0 Å². The van der Waals surface area contributed by atoms with Crippen LogP contribution < -0.4 is 9.80 Å². The maximum Gasteiger partial charge on any atom is 0.153 e. The molecule has 24 heavy (non-hydrogen) atoms. The number of sulfone groups is 1. The molecule has 7 heteroatoms. The van der Waals surface area contributed by atoms with Gasteiger partial charge in [-0.15, -0.1) is 11.3 Å². The molecule has 0 aliphatic carbocycles. The number of para-hydroxylation sites is 2. The van der Waals surface area contributed by atoms with E-state index in [1.54, 1.807) is 0 Å². The van der Waals surface area contributed by atoms with E-state index in [0.29, 0.717) is 17.6 Å². The molecule has 0 spiro atoms. The first-order chi connectivity index (χ1) is 11.3. The average molecular weight is 366 g/mol. The third-order valence-corrected chi connectivity index (χ3v) is 6.21. The predicted octanol–water partition coefficient (Wildman–Crippen LogP) is 2.92. The Labute approximate surface area is 147 Å². The van der Waals surface area contributed by atoms with Crippen molar-refractivity contribution in [3.05, 3.63) is 40.3 Å². The highest BCUT2D eigenvalue weighted by molar-refractivity contribution is 7.90. The van der Waals surface area contributed by atoms with Crippen molar-refractivity contribution in [2.45, 2.75) is 31.7 Å². The normalized spacial score (nSPS) is 18.4. The van der Waals surface area contributed by atoms with Crippen LogP contribution in [0.15, 0.2) is 29.6 Å². The van der Waals surface area contributed by atoms with Gasteiger partial charge in [0, 0.05) is 31.3 Å². The molecule has 1 aliphatic heterocycles. The molecule has 0 fully saturated rings. The summed E-state index contributed by atoms with van der Waals surface area (Å²) in [5, 5.41) is 2.64. The summed E-state index contributed by atoms with van der Waals surface area (Å²) in [7, 11) is -0.915. The molecule has 2 heterocycles. The van der Waals surface area contributed by atoms with Crippen molar-refractivity contribution in [1.29, 1.82) is 0 Å². The molecule has 0 radical (unpaired) electrons. The Kier molecular flexibility index (Phi) is 4.83. The number of aromatic nitrogens is 1. The van der Waals surface area contributed by atoms with E-state index < -0.39 is 9.84 Å². The van der Waals surface area contributed by atoms with Gasteiger partial charge in [0.05, 0.1) is 23.6 Å². The van der Waals surface area contributed by atoms with Gasteiger partial charge in [0.2, 0.25) is 0 Å². The fourth-order valence-corrected chi connectivity index (χ4v) is 5.05. The molecule has 0 saturated carbocycles. The lowest BCUT2D eigenvalue weighted by Gasteiger charge is -2.30. The largest absolute Gasteiger partial charge is 0.373 e. The summed E-state index contributed by atoms with van der Waals surface area (Å²) in [5.74, 6) is 0.0204. The summed E-state index contributed by atoms with van der Waals surface area (Å²) in [6.45, 7) is 3.96. The van der Waals surface area contributed by atoms with Crippen LogP contribution in [0.5, 0.6) is 0 Å². The first kappa shape index (κ1) is 17.2. The Hall–Kier alpha value is -1.60. The van der Waals surface area contributed by atoms with Gasteiger partial charge < -0.3 is 9.80 Å². The molecule has 0 saturated heterocycles. The van der Waals surface area contributed by atoms with Gasteiger partial charge in [0.15, 0.2) is 9.84 Å². The van der Waals surface area contributed by atoms with Crippen molar-refractivity contribution >= 4 is 32.5 Å². The minimum atomic E-state index is -3.04.